The van der Waals surface area contributed by atoms with E-state index < -0.39 is 23.5 Å². The molecule has 0 aliphatic rings. The summed E-state index contributed by atoms with van der Waals surface area (Å²) in [6.45, 7) is 1.88. The minimum atomic E-state index is -1.63. The van der Waals surface area contributed by atoms with E-state index in [0.29, 0.717) is 0 Å². The van der Waals surface area contributed by atoms with E-state index in [-0.39, 0.29) is 5.48 Å². The van der Waals surface area contributed by atoms with Crippen LogP contribution in [0.3, 0.4) is 0 Å². The summed E-state index contributed by atoms with van der Waals surface area (Å²) in [6.07, 6.45) is 0. The van der Waals surface area contributed by atoms with Gasteiger partial charge in [-0.1, -0.05) is 0 Å². The SMILES string of the molecule is CC(=O)C(=O)[O-].CC(=O)C(=O)[O-].[O+2]. The van der Waals surface area contributed by atoms with E-state index in [1.165, 1.54) is 0 Å². The number of carbonyl (C=O) groups excluding carboxylic acids is 4. The van der Waals surface area contributed by atoms with Gasteiger partial charge in [0.15, 0.2) is 11.6 Å². The molecule has 0 fully saturated rings. The first-order valence-electron chi connectivity index (χ1n) is 2.72. The fourth-order valence-electron chi connectivity index (χ4n) is 0. The Labute approximate surface area is 73.3 Å². The number of rotatable bonds is 2. The summed E-state index contributed by atoms with van der Waals surface area (Å²) in [4.78, 5) is 37.4. The summed E-state index contributed by atoms with van der Waals surface area (Å²) in [7, 11) is 0. The number of aliphatic carboxylic acids is 2. The summed E-state index contributed by atoms with van der Waals surface area (Å²) < 4.78 is 0. The maximum atomic E-state index is 9.48. The van der Waals surface area contributed by atoms with Gasteiger partial charge >= 0.3 is 5.48 Å². The molecule has 0 amide bonds. The standard InChI is InChI=1S/2C3H4O3.O/c2*1-2(4)3(5)6;/h2*1H3,(H,5,6);/q;;+2/p-2. The van der Waals surface area contributed by atoms with Crippen LogP contribution in [-0.4, -0.2) is 23.5 Å². The molecule has 0 heterocycles. The van der Waals surface area contributed by atoms with E-state index in [4.69, 9.17) is 0 Å². The fourth-order valence-corrected chi connectivity index (χ4v) is 0. The molecule has 72 valence electrons. The van der Waals surface area contributed by atoms with Crippen LogP contribution in [0, 0.1) is 0 Å². The second-order valence-electron chi connectivity index (χ2n) is 1.69. The van der Waals surface area contributed by atoms with Crippen LogP contribution in [0.15, 0.2) is 0 Å². The van der Waals surface area contributed by atoms with Crippen LogP contribution in [0.2, 0.25) is 0 Å². The molecule has 0 aromatic carbocycles. The van der Waals surface area contributed by atoms with E-state index in [9.17, 15) is 29.4 Å². The summed E-state index contributed by atoms with van der Waals surface area (Å²) in [5.41, 5.74) is 0. The molecule has 13 heavy (non-hydrogen) atoms. The van der Waals surface area contributed by atoms with Crippen molar-refractivity contribution >= 4 is 23.5 Å². The van der Waals surface area contributed by atoms with Crippen molar-refractivity contribution in [3.63, 3.8) is 0 Å². The number of hydrogen-bond donors (Lipinski definition) is 0. The molecule has 0 atom stereocenters. The van der Waals surface area contributed by atoms with Crippen molar-refractivity contribution in [2.45, 2.75) is 13.8 Å². The Morgan fingerprint density at radius 2 is 0.846 bits per heavy atom. The monoisotopic (exact) mass is 190 g/mol. The van der Waals surface area contributed by atoms with Crippen molar-refractivity contribution < 1.29 is 34.9 Å². The molecule has 0 rings (SSSR count). The van der Waals surface area contributed by atoms with E-state index >= 15 is 0 Å². The van der Waals surface area contributed by atoms with E-state index in [0.717, 1.165) is 13.8 Å². The molecule has 0 aliphatic heterocycles. The lowest BCUT2D eigenvalue weighted by Gasteiger charge is -1.87. The summed E-state index contributed by atoms with van der Waals surface area (Å²) >= 11 is 0. The molecule has 0 saturated heterocycles. The molecule has 7 nitrogen and oxygen atoms in total. The van der Waals surface area contributed by atoms with Gasteiger partial charge in [-0.05, 0) is 0 Å². The Hall–Kier alpha value is -1.76. The van der Waals surface area contributed by atoms with Crippen molar-refractivity contribution in [2.24, 2.45) is 0 Å². The minimum absolute atomic E-state index is 0. The van der Waals surface area contributed by atoms with Crippen LogP contribution >= 0.6 is 0 Å². The van der Waals surface area contributed by atoms with Crippen LogP contribution in [0.1, 0.15) is 13.8 Å². The van der Waals surface area contributed by atoms with Gasteiger partial charge in [-0.15, -0.1) is 0 Å². The Morgan fingerprint density at radius 1 is 0.769 bits per heavy atom. The summed E-state index contributed by atoms with van der Waals surface area (Å²) in [5, 5.41) is 18.5. The fraction of sp³-hybridized carbons (Fsp3) is 0.333. The quantitative estimate of drug-likeness (QED) is 0.414. The highest BCUT2D eigenvalue weighted by atomic mass is 16.4. The molecule has 0 unspecified atom stereocenters. The van der Waals surface area contributed by atoms with Gasteiger partial charge in [0.1, 0.15) is 11.9 Å². The number of carboxylic acid groups (broad SMARTS) is 2. The van der Waals surface area contributed by atoms with Gasteiger partial charge < -0.3 is 19.8 Å². The molecule has 0 bridgehead atoms. The smallest absolute Gasteiger partial charge is 0.542 e. The van der Waals surface area contributed by atoms with Crippen LogP contribution < -0.4 is 10.2 Å². The zero-order chi connectivity index (χ0) is 10.3. The third kappa shape index (κ3) is 17.9. The second-order valence-corrected chi connectivity index (χ2v) is 1.69. The maximum absolute atomic E-state index is 9.48. The predicted molar refractivity (Wildman–Crippen MR) is 32.1 cm³/mol. The number of carbonyl (C=O) groups is 4. The van der Waals surface area contributed by atoms with E-state index in [1.54, 1.807) is 0 Å². The topological polar surface area (TPSA) is 143 Å². The molecule has 0 aromatic rings. The first-order valence-corrected chi connectivity index (χ1v) is 2.72. The lowest BCUT2D eigenvalue weighted by molar-refractivity contribution is -0.300. The van der Waals surface area contributed by atoms with Crippen molar-refractivity contribution in [2.75, 3.05) is 0 Å². The van der Waals surface area contributed by atoms with Crippen molar-refractivity contribution in [3.8, 4) is 0 Å². The van der Waals surface area contributed by atoms with Crippen LogP contribution in [0.5, 0.6) is 0 Å². The lowest BCUT2D eigenvalue weighted by atomic mass is 10.5. The molecule has 7 heteroatoms. The highest BCUT2D eigenvalue weighted by Crippen LogP contribution is 1.56. The highest BCUT2D eigenvalue weighted by Gasteiger charge is 2.00. The van der Waals surface area contributed by atoms with E-state index in [1.807, 2.05) is 0 Å². The Bertz CT molecular complexity index is 169. The van der Waals surface area contributed by atoms with Gasteiger partial charge in [0, 0.05) is 13.8 Å². The third-order valence-corrected chi connectivity index (χ3v) is 0.575. The zero-order valence-corrected chi connectivity index (χ0v) is 6.86. The first-order chi connectivity index (χ1) is 5.29. The number of Topliss-reactive ketones (excluding diaryl/α,β-unsaturated/α-hetero) is 2. The second kappa shape index (κ2) is 8.34. The molecular weight excluding hydrogens is 184 g/mol. The minimum Gasteiger partial charge on any atom is -0.542 e. The zero-order valence-electron chi connectivity index (χ0n) is 6.86. The molecule has 0 aromatic heterocycles. The lowest BCUT2D eigenvalue weighted by Crippen LogP contribution is -2.29. The highest BCUT2D eigenvalue weighted by molar-refractivity contribution is 6.30. The number of hydrogen-bond acceptors (Lipinski definition) is 6. The van der Waals surface area contributed by atoms with E-state index in [2.05, 4.69) is 0 Å². The number of ketones is 2. The van der Waals surface area contributed by atoms with Crippen molar-refractivity contribution in [1.29, 1.82) is 0 Å². The Morgan fingerprint density at radius 3 is 0.846 bits per heavy atom. The Kier molecular flexibility index (Phi) is 11.1. The van der Waals surface area contributed by atoms with Crippen molar-refractivity contribution in [1.82, 2.24) is 0 Å². The molecule has 0 spiro atoms. The van der Waals surface area contributed by atoms with Gasteiger partial charge in [-0.3, -0.25) is 9.59 Å². The average Bonchev–Trinajstić information content (AvgIpc) is 1.88. The molecule has 4 radical (unpaired) electrons. The molecular formula is C6H6O7. The molecule has 0 N–H and O–H groups in total. The van der Waals surface area contributed by atoms with Crippen LogP contribution in [-0.2, 0) is 24.7 Å². The van der Waals surface area contributed by atoms with Gasteiger partial charge in [0.05, 0.1) is 0 Å². The predicted octanol–water partition coefficient (Wildman–Crippen LogP) is -3.47. The maximum Gasteiger partial charge on any atom is 2.00 e. The summed E-state index contributed by atoms with van der Waals surface area (Å²) in [5.74, 6) is -5.13. The van der Waals surface area contributed by atoms with Crippen LogP contribution in [0.4, 0.5) is 0 Å². The molecule has 0 saturated carbocycles. The van der Waals surface area contributed by atoms with Gasteiger partial charge in [-0.2, -0.15) is 0 Å². The van der Waals surface area contributed by atoms with Gasteiger partial charge in [0.25, 0.3) is 0 Å². The average molecular weight is 190 g/mol. The van der Waals surface area contributed by atoms with Gasteiger partial charge in [0.2, 0.25) is 0 Å². The first kappa shape index (κ1) is 17.4. The number of carboxylic acids is 2. The van der Waals surface area contributed by atoms with Crippen LogP contribution in [0.25, 0.3) is 0 Å². The summed E-state index contributed by atoms with van der Waals surface area (Å²) in [6, 6.07) is 0. The normalized spacial score (nSPS) is 6.92. The third-order valence-electron chi connectivity index (χ3n) is 0.575. The molecule has 0 aliphatic carbocycles. The van der Waals surface area contributed by atoms with Crippen molar-refractivity contribution in [3.05, 3.63) is 0 Å². The Balaban J connectivity index is -0.000000143. The largest absolute Gasteiger partial charge is 2.00 e. The van der Waals surface area contributed by atoms with Gasteiger partial charge in [-0.25, -0.2) is 0 Å².